The molecule has 0 aromatic carbocycles. The number of hydrogen-bond acceptors (Lipinski definition) is 3. The summed E-state index contributed by atoms with van der Waals surface area (Å²) in [5, 5.41) is 3.42. The first-order valence-corrected chi connectivity index (χ1v) is 3.08. The van der Waals surface area contributed by atoms with E-state index in [4.69, 9.17) is 11.7 Å². The highest BCUT2D eigenvalue weighted by Crippen LogP contribution is 1.92. The van der Waals surface area contributed by atoms with Gasteiger partial charge in [0.1, 0.15) is 5.84 Å². The SMILES string of the molecule is CCCCC(=NN)NN. The molecule has 0 aliphatic carbocycles. The molecule has 9 heavy (non-hydrogen) atoms. The Kier molecular flexibility index (Phi) is 4.91. The van der Waals surface area contributed by atoms with Gasteiger partial charge in [-0.25, -0.2) is 5.84 Å². The topological polar surface area (TPSA) is 76.4 Å². The Bertz CT molecular complexity index is 89.0. The van der Waals surface area contributed by atoms with Crippen LogP contribution in [0.3, 0.4) is 0 Å². The van der Waals surface area contributed by atoms with E-state index in [0.717, 1.165) is 19.3 Å². The minimum Gasteiger partial charge on any atom is -0.322 e. The van der Waals surface area contributed by atoms with Crippen molar-refractivity contribution in [2.24, 2.45) is 16.8 Å². The van der Waals surface area contributed by atoms with E-state index in [0.29, 0.717) is 5.84 Å². The predicted octanol–water partition coefficient (Wildman–Crippen LogP) is -0.0879. The molecule has 4 heteroatoms. The van der Waals surface area contributed by atoms with Gasteiger partial charge in [-0.3, -0.25) is 0 Å². The van der Waals surface area contributed by atoms with Crippen molar-refractivity contribution in [1.82, 2.24) is 5.43 Å². The van der Waals surface area contributed by atoms with Crippen molar-refractivity contribution in [3.05, 3.63) is 0 Å². The molecule has 0 rings (SSSR count). The maximum absolute atomic E-state index is 5.06. The molecule has 4 nitrogen and oxygen atoms in total. The van der Waals surface area contributed by atoms with Gasteiger partial charge in [0.15, 0.2) is 0 Å². The van der Waals surface area contributed by atoms with Crippen molar-refractivity contribution >= 4 is 5.84 Å². The largest absolute Gasteiger partial charge is 0.322 e. The molecule has 0 radical (unpaired) electrons. The molecule has 0 aliphatic rings. The van der Waals surface area contributed by atoms with Gasteiger partial charge in [0, 0.05) is 6.42 Å². The van der Waals surface area contributed by atoms with E-state index in [9.17, 15) is 0 Å². The van der Waals surface area contributed by atoms with Crippen LogP contribution >= 0.6 is 0 Å². The summed E-state index contributed by atoms with van der Waals surface area (Å²) in [5.74, 6) is 10.7. The van der Waals surface area contributed by atoms with Gasteiger partial charge in [-0.2, -0.15) is 5.10 Å². The summed E-state index contributed by atoms with van der Waals surface area (Å²) in [4.78, 5) is 0. The van der Waals surface area contributed by atoms with Crippen LogP contribution in [0.4, 0.5) is 0 Å². The molecule has 0 fully saturated rings. The number of nitrogens with zero attached hydrogens (tertiary/aromatic N) is 1. The van der Waals surface area contributed by atoms with Crippen molar-refractivity contribution in [2.75, 3.05) is 0 Å². The number of hydrogen-bond donors (Lipinski definition) is 3. The Balaban J connectivity index is 3.33. The van der Waals surface area contributed by atoms with Gasteiger partial charge in [0.25, 0.3) is 0 Å². The van der Waals surface area contributed by atoms with E-state index in [1.165, 1.54) is 0 Å². The smallest absolute Gasteiger partial charge is 0.135 e. The third kappa shape index (κ3) is 3.78. The molecule has 0 saturated heterocycles. The Morgan fingerprint density at radius 2 is 2.33 bits per heavy atom. The summed E-state index contributed by atoms with van der Waals surface area (Å²) in [6, 6.07) is 0. The fraction of sp³-hybridized carbons (Fsp3) is 0.800. The second kappa shape index (κ2) is 5.37. The van der Waals surface area contributed by atoms with Crippen LogP contribution in [0.2, 0.25) is 0 Å². The van der Waals surface area contributed by atoms with Gasteiger partial charge < -0.3 is 11.3 Å². The standard InChI is InChI=1S/C5H14N4/c1-2-3-4-5(8-6)9-7/h2-4,6-7H2,1H3,(H,8,9). The highest BCUT2D eigenvalue weighted by molar-refractivity contribution is 5.81. The van der Waals surface area contributed by atoms with Crippen LogP contribution in [-0.4, -0.2) is 5.84 Å². The summed E-state index contributed by atoms with van der Waals surface area (Å²) in [5.41, 5.74) is 2.41. The minimum atomic E-state index is 0.664. The monoisotopic (exact) mass is 130 g/mol. The maximum atomic E-state index is 5.06. The van der Waals surface area contributed by atoms with Crippen molar-refractivity contribution in [1.29, 1.82) is 0 Å². The minimum absolute atomic E-state index is 0.664. The Morgan fingerprint density at radius 3 is 2.67 bits per heavy atom. The molecule has 0 amide bonds. The predicted molar refractivity (Wildman–Crippen MR) is 38.5 cm³/mol. The van der Waals surface area contributed by atoms with Crippen LogP contribution in [0.5, 0.6) is 0 Å². The van der Waals surface area contributed by atoms with E-state index in [-0.39, 0.29) is 0 Å². The highest BCUT2D eigenvalue weighted by Gasteiger charge is 1.91. The number of hydrazine groups is 1. The number of nitrogens with two attached hydrogens (primary N) is 2. The Morgan fingerprint density at radius 1 is 1.67 bits per heavy atom. The lowest BCUT2D eigenvalue weighted by molar-refractivity contribution is 0.804. The second-order valence-electron chi connectivity index (χ2n) is 1.82. The van der Waals surface area contributed by atoms with Gasteiger partial charge in [-0.05, 0) is 6.42 Å². The van der Waals surface area contributed by atoms with Crippen LogP contribution < -0.4 is 17.1 Å². The van der Waals surface area contributed by atoms with E-state index >= 15 is 0 Å². The van der Waals surface area contributed by atoms with E-state index in [2.05, 4.69) is 17.5 Å². The Labute approximate surface area is 55.3 Å². The molecule has 5 N–H and O–H groups in total. The van der Waals surface area contributed by atoms with Gasteiger partial charge >= 0.3 is 0 Å². The van der Waals surface area contributed by atoms with E-state index in [1.54, 1.807) is 0 Å². The normalized spacial score (nSPS) is 11.6. The zero-order valence-electron chi connectivity index (χ0n) is 5.72. The number of unbranched alkanes of at least 4 members (excludes halogenated alkanes) is 1. The first-order valence-electron chi connectivity index (χ1n) is 3.08. The maximum Gasteiger partial charge on any atom is 0.135 e. The number of rotatable bonds is 3. The van der Waals surface area contributed by atoms with Gasteiger partial charge in [-0.1, -0.05) is 13.3 Å². The molecule has 0 atom stereocenters. The third-order valence-electron chi connectivity index (χ3n) is 1.09. The summed E-state index contributed by atoms with van der Waals surface area (Å²) in [6.45, 7) is 2.10. The zero-order valence-corrected chi connectivity index (χ0v) is 5.72. The van der Waals surface area contributed by atoms with E-state index < -0.39 is 0 Å². The summed E-state index contributed by atoms with van der Waals surface area (Å²) in [6.07, 6.45) is 3.03. The molecule has 0 spiro atoms. The van der Waals surface area contributed by atoms with E-state index in [1.807, 2.05) is 0 Å². The number of amidine groups is 1. The molecule has 0 aromatic rings. The highest BCUT2D eigenvalue weighted by atomic mass is 15.3. The quantitative estimate of drug-likeness (QED) is 0.216. The molecular formula is C5H14N4. The van der Waals surface area contributed by atoms with Gasteiger partial charge in [0.2, 0.25) is 0 Å². The molecule has 0 saturated carbocycles. The molecular weight excluding hydrogens is 116 g/mol. The van der Waals surface area contributed by atoms with Crippen molar-refractivity contribution in [3.63, 3.8) is 0 Å². The fourth-order valence-electron chi connectivity index (χ4n) is 0.518. The first kappa shape index (κ1) is 8.23. The summed E-state index contributed by atoms with van der Waals surface area (Å²) in [7, 11) is 0. The third-order valence-corrected chi connectivity index (χ3v) is 1.09. The lowest BCUT2D eigenvalue weighted by Crippen LogP contribution is -2.31. The van der Waals surface area contributed by atoms with Crippen LogP contribution in [0.15, 0.2) is 5.10 Å². The van der Waals surface area contributed by atoms with Crippen molar-refractivity contribution in [3.8, 4) is 0 Å². The molecule has 0 bridgehead atoms. The van der Waals surface area contributed by atoms with Gasteiger partial charge in [0.05, 0.1) is 0 Å². The van der Waals surface area contributed by atoms with Crippen LogP contribution in [0.25, 0.3) is 0 Å². The van der Waals surface area contributed by atoms with Crippen LogP contribution in [0, 0.1) is 0 Å². The summed E-state index contributed by atoms with van der Waals surface area (Å²) >= 11 is 0. The Hall–Kier alpha value is -0.770. The lowest BCUT2D eigenvalue weighted by Gasteiger charge is -2.00. The molecule has 0 aromatic heterocycles. The molecule has 0 aliphatic heterocycles. The molecule has 54 valence electrons. The molecule has 0 heterocycles. The van der Waals surface area contributed by atoms with Crippen LogP contribution in [0.1, 0.15) is 26.2 Å². The zero-order chi connectivity index (χ0) is 7.11. The molecule has 0 unspecified atom stereocenters. The fourth-order valence-corrected chi connectivity index (χ4v) is 0.518. The first-order chi connectivity index (χ1) is 4.35. The van der Waals surface area contributed by atoms with Gasteiger partial charge in [-0.15, -0.1) is 0 Å². The number of nitrogens with one attached hydrogen (secondary N) is 1. The average Bonchev–Trinajstić information content (AvgIpc) is 1.91. The lowest BCUT2D eigenvalue weighted by atomic mass is 10.2. The second-order valence-corrected chi connectivity index (χ2v) is 1.82. The van der Waals surface area contributed by atoms with Crippen molar-refractivity contribution < 1.29 is 0 Å². The van der Waals surface area contributed by atoms with Crippen LogP contribution in [-0.2, 0) is 0 Å². The van der Waals surface area contributed by atoms with Crippen molar-refractivity contribution in [2.45, 2.75) is 26.2 Å². The summed E-state index contributed by atoms with van der Waals surface area (Å²) < 4.78 is 0. The average molecular weight is 130 g/mol. The number of hydrazone groups is 1.